The predicted molar refractivity (Wildman–Crippen MR) is 136 cm³/mol. The lowest BCUT2D eigenvalue weighted by molar-refractivity contribution is -0.155. The maximum absolute atomic E-state index is 13.8. The number of anilines is 1. The first-order valence-corrected chi connectivity index (χ1v) is 12.9. The Labute approximate surface area is 215 Å². The number of pyridine rings is 1. The number of nitrogens with zero attached hydrogens (tertiary/aromatic N) is 1. The molecule has 1 aromatic carbocycles. The molecule has 1 saturated heterocycles. The van der Waals surface area contributed by atoms with E-state index >= 15 is 0 Å². The predicted octanol–water partition coefficient (Wildman–Crippen LogP) is 3.76. The third kappa shape index (κ3) is 4.28. The molecule has 1 aromatic heterocycles. The van der Waals surface area contributed by atoms with Crippen LogP contribution >= 0.6 is 0 Å². The van der Waals surface area contributed by atoms with Crippen molar-refractivity contribution in [1.82, 2.24) is 4.98 Å². The molecule has 0 spiro atoms. The largest absolute Gasteiger partial charge is 0.460 e. The molecule has 5 rings (SSSR count). The Hall–Kier alpha value is -3.36. The molecule has 2 aromatic rings. The Morgan fingerprint density at radius 3 is 2.51 bits per heavy atom. The molecule has 3 N–H and O–H groups in total. The van der Waals surface area contributed by atoms with Crippen LogP contribution in [0.1, 0.15) is 78.1 Å². The number of aliphatic hydroxyl groups excluding tert-OH is 1. The molecule has 194 valence electrons. The minimum atomic E-state index is -2.02. The lowest BCUT2D eigenvalue weighted by Gasteiger charge is -2.27. The number of ether oxygens (including phenoxy) is 2. The fraction of sp³-hybridized carbons (Fsp3) is 0.448. The number of fused-ring (bicyclic) bond motifs is 2. The monoisotopic (exact) mass is 504 g/mol. The topological polar surface area (TPSA) is 132 Å². The number of hydrogen-bond donors (Lipinski definition) is 2. The highest BCUT2D eigenvalue weighted by molar-refractivity contribution is 6.32. The van der Waals surface area contributed by atoms with Gasteiger partial charge in [0.25, 0.3) is 5.60 Å². The van der Waals surface area contributed by atoms with E-state index in [0.717, 1.165) is 43.2 Å². The van der Waals surface area contributed by atoms with Gasteiger partial charge >= 0.3 is 5.97 Å². The molecule has 8 heteroatoms. The molecule has 0 amide bonds. The number of epoxide rings is 1. The standard InChI is InChI=1S/C29H32N2O6/c1-18(11-12-19-13-14-31-24(30)15-19)20(17-32)16-28-25(33)22-9-5-6-10-23(22)26(34)29(28,37-28)27(35)36-21-7-3-2-4-8-21/h5-6,9-10,13-15,21,32H,2-4,7-8,11-12,16-17H2,1H3,(H2,30,31)/b20-18-/t28-,29-/m0/s1. The Kier molecular flexibility index (Phi) is 6.72. The molecular formula is C29H32N2O6. The molecule has 2 heterocycles. The number of nitrogen functional groups attached to an aromatic ring is 1. The molecular weight excluding hydrogens is 472 g/mol. The first-order valence-electron chi connectivity index (χ1n) is 12.9. The number of allylic oxidation sites excluding steroid dienone is 1. The highest BCUT2D eigenvalue weighted by Gasteiger charge is 2.85. The van der Waals surface area contributed by atoms with E-state index < -0.39 is 28.7 Å². The maximum atomic E-state index is 13.8. The van der Waals surface area contributed by atoms with Crippen LogP contribution in [0, 0.1) is 0 Å². The number of benzene rings is 1. The molecule has 0 radical (unpaired) electrons. The number of nitrogens with two attached hydrogens (primary N) is 1. The van der Waals surface area contributed by atoms with Crippen molar-refractivity contribution in [3.8, 4) is 0 Å². The van der Waals surface area contributed by atoms with E-state index in [1.54, 1.807) is 36.5 Å². The molecule has 2 aliphatic carbocycles. The minimum absolute atomic E-state index is 0.0630. The van der Waals surface area contributed by atoms with Crippen LogP contribution < -0.4 is 5.73 Å². The molecule has 2 atom stereocenters. The zero-order chi connectivity index (χ0) is 26.2. The number of carbonyl (C=O) groups excluding carboxylic acids is 3. The number of aliphatic hydroxyl groups is 1. The number of Topliss-reactive ketones (excluding diaryl/α,β-unsaturated/α-hetero) is 2. The smallest absolute Gasteiger partial charge is 0.350 e. The average molecular weight is 505 g/mol. The van der Waals surface area contributed by atoms with E-state index in [4.69, 9.17) is 15.2 Å². The third-order valence-electron chi connectivity index (χ3n) is 7.96. The molecule has 1 aliphatic heterocycles. The molecule has 3 aliphatic rings. The SMILES string of the molecule is C/C(CCc1ccnc(N)c1)=C(/CO)C[C@@]12O[C@]1(C(=O)OC1CCCCC1)C(=O)c1ccccc1C2=O. The number of carbonyl (C=O) groups is 3. The lowest BCUT2D eigenvalue weighted by Crippen LogP contribution is -2.51. The molecule has 1 saturated carbocycles. The van der Waals surface area contributed by atoms with Gasteiger partial charge in [-0.3, -0.25) is 9.59 Å². The van der Waals surface area contributed by atoms with E-state index in [1.807, 2.05) is 13.0 Å². The van der Waals surface area contributed by atoms with Crippen LogP contribution in [0.2, 0.25) is 0 Å². The van der Waals surface area contributed by atoms with Gasteiger partial charge in [-0.25, -0.2) is 9.78 Å². The fourth-order valence-electron chi connectivity index (χ4n) is 5.72. The second-order valence-corrected chi connectivity index (χ2v) is 10.3. The van der Waals surface area contributed by atoms with E-state index in [9.17, 15) is 19.5 Å². The van der Waals surface area contributed by atoms with Gasteiger partial charge in [0.2, 0.25) is 5.78 Å². The van der Waals surface area contributed by atoms with E-state index in [1.165, 1.54) is 0 Å². The summed E-state index contributed by atoms with van der Waals surface area (Å²) in [6.45, 7) is 1.55. The van der Waals surface area contributed by atoms with Gasteiger partial charge in [-0.1, -0.05) is 36.3 Å². The summed E-state index contributed by atoms with van der Waals surface area (Å²) in [5, 5.41) is 10.3. The first-order chi connectivity index (χ1) is 17.8. The van der Waals surface area contributed by atoms with Crippen molar-refractivity contribution in [2.45, 2.75) is 75.6 Å². The van der Waals surface area contributed by atoms with Gasteiger partial charge in [-0.2, -0.15) is 0 Å². The summed E-state index contributed by atoms with van der Waals surface area (Å²) in [6.07, 6.45) is 6.98. The Bertz CT molecular complexity index is 1280. The van der Waals surface area contributed by atoms with Gasteiger partial charge in [0.1, 0.15) is 11.9 Å². The summed E-state index contributed by atoms with van der Waals surface area (Å²) in [6, 6.07) is 10.1. The Balaban J connectivity index is 1.46. The van der Waals surface area contributed by atoms with Gasteiger partial charge in [-0.15, -0.1) is 0 Å². The van der Waals surface area contributed by atoms with Crippen molar-refractivity contribution in [2.75, 3.05) is 12.3 Å². The van der Waals surface area contributed by atoms with Crippen molar-refractivity contribution in [3.63, 3.8) is 0 Å². The number of ketones is 2. The van der Waals surface area contributed by atoms with Crippen LogP contribution in [-0.2, 0) is 20.7 Å². The quantitative estimate of drug-likeness (QED) is 0.240. The number of hydrogen-bond acceptors (Lipinski definition) is 8. The molecule has 0 bridgehead atoms. The van der Waals surface area contributed by atoms with Crippen molar-refractivity contribution in [3.05, 3.63) is 70.4 Å². The van der Waals surface area contributed by atoms with Crippen molar-refractivity contribution >= 4 is 23.4 Å². The molecule has 8 nitrogen and oxygen atoms in total. The lowest BCUT2D eigenvalue weighted by atomic mass is 9.71. The number of rotatable bonds is 8. The van der Waals surface area contributed by atoms with Gasteiger partial charge in [0.15, 0.2) is 11.4 Å². The van der Waals surface area contributed by atoms with Gasteiger partial charge in [0, 0.05) is 23.7 Å². The van der Waals surface area contributed by atoms with Gasteiger partial charge in [-0.05, 0) is 68.7 Å². The molecule has 37 heavy (non-hydrogen) atoms. The van der Waals surface area contributed by atoms with Crippen LogP contribution in [0.15, 0.2) is 53.7 Å². The van der Waals surface area contributed by atoms with Gasteiger partial charge < -0.3 is 20.3 Å². The summed E-state index contributed by atoms with van der Waals surface area (Å²) in [5.41, 5.74) is 4.86. The van der Waals surface area contributed by atoms with E-state index in [2.05, 4.69) is 4.98 Å². The van der Waals surface area contributed by atoms with Crippen LogP contribution in [0.25, 0.3) is 0 Å². The Morgan fingerprint density at radius 2 is 1.84 bits per heavy atom. The van der Waals surface area contributed by atoms with E-state index in [0.29, 0.717) is 24.2 Å². The van der Waals surface area contributed by atoms with Crippen LogP contribution in [-0.4, -0.2) is 51.5 Å². The normalized spacial score (nSPS) is 25.7. The fourth-order valence-corrected chi connectivity index (χ4v) is 5.72. The zero-order valence-corrected chi connectivity index (χ0v) is 21.0. The second-order valence-electron chi connectivity index (χ2n) is 10.3. The van der Waals surface area contributed by atoms with Crippen LogP contribution in [0.5, 0.6) is 0 Å². The van der Waals surface area contributed by atoms with Crippen molar-refractivity contribution < 1.29 is 29.0 Å². The Morgan fingerprint density at radius 1 is 1.14 bits per heavy atom. The first kappa shape index (κ1) is 25.3. The summed E-state index contributed by atoms with van der Waals surface area (Å²) < 4.78 is 11.8. The van der Waals surface area contributed by atoms with Crippen LogP contribution in [0.4, 0.5) is 5.82 Å². The summed E-state index contributed by atoms with van der Waals surface area (Å²) >= 11 is 0. The second kappa shape index (κ2) is 9.84. The van der Waals surface area contributed by atoms with E-state index in [-0.39, 0.29) is 30.3 Å². The molecule has 2 fully saturated rings. The third-order valence-corrected chi connectivity index (χ3v) is 7.96. The summed E-state index contributed by atoms with van der Waals surface area (Å²) in [7, 11) is 0. The summed E-state index contributed by atoms with van der Waals surface area (Å²) in [4.78, 5) is 45.1. The molecule has 0 unspecified atom stereocenters. The summed E-state index contributed by atoms with van der Waals surface area (Å²) in [5.74, 6) is -1.35. The minimum Gasteiger partial charge on any atom is -0.460 e. The number of aromatic nitrogens is 1. The van der Waals surface area contributed by atoms with Crippen molar-refractivity contribution in [2.24, 2.45) is 0 Å². The number of esters is 1. The maximum Gasteiger partial charge on any atom is 0.350 e. The van der Waals surface area contributed by atoms with Crippen molar-refractivity contribution in [1.29, 1.82) is 0 Å². The zero-order valence-electron chi connectivity index (χ0n) is 21.0. The average Bonchev–Trinajstić information content (AvgIpc) is 3.61. The highest BCUT2D eigenvalue weighted by atomic mass is 16.7. The number of aryl methyl sites for hydroxylation is 1. The van der Waals surface area contributed by atoms with Crippen LogP contribution in [0.3, 0.4) is 0 Å². The van der Waals surface area contributed by atoms with Gasteiger partial charge in [0.05, 0.1) is 6.61 Å². The highest BCUT2D eigenvalue weighted by Crippen LogP contribution is 2.59.